The van der Waals surface area contributed by atoms with Crippen molar-refractivity contribution in [3.8, 4) is 5.69 Å². The second kappa shape index (κ2) is 7.72. The third-order valence-corrected chi connectivity index (χ3v) is 7.50. The van der Waals surface area contributed by atoms with Gasteiger partial charge in [0.15, 0.2) is 5.69 Å². The Morgan fingerprint density at radius 3 is 2.74 bits per heavy atom. The van der Waals surface area contributed by atoms with Crippen LogP contribution in [0.3, 0.4) is 0 Å². The molecule has 4 aliphatic heterocycles. The quantitative estimate of drug-likeness (QED) is 0.587. The first kappa shape index (κ1) is 21.4. The van der Waals surface area contributed by atoms with Crippen molar-refractivity contribution in [3.63, 3.8) is 0 Å². The Labute approximate surface area is 199 Å². The van der Waals surface area contributed by atoms with Gasteiger partial charge in [0.2, 0.25) is 17.7 Å². The fourth-order valence-electron chi connectivity index (χ4n) is 5.51. The maximum Gasteiger partial charge on any atom is 0.276 e. The predicted octanol–water partition coefficient (Wildman–Crippen LogP) is -0.526. The molecule has 6 rings (SSSR count). The monoisotopic (exact) mass is 477 g/mol. The van der Waals surface area contributed by atoms with Gasteiger partial charge in [0, 0.05) is 38.2 Å². The van der Waals surface area contributed by atoms with E-state index in [0.717, 1.165) is 12.0 Å². The number of carbonyl (C=O) groups excluding carboxylic acids is 5. The summed E-state index contributed by atoms with van der Waals surface area (Å²) >= 11 is 0. The van der Waals surface area contributed by atoms with Crippen LogP contribution in [-0.2, 0) is 20.9 Å². The third-order valence-electron chi connectivity index (χ3n) is 7.50. The summed E-state index contributed by atoms with van der Waals surface area (Å²) in [7, 11) is 1.77. The molecule has 2 bridgehead atoms. The van der Waals surface area contributed by atoms with Crippen molar-refractivity contribution in [2.75, 3.05) is 13.6 Å². The number of likely N-dealkylation sites (N-methyl/N-ethyl adjacent to an activating group) is 1. The van der Waals surface area contributed by atoms with Crippen LogP contribution in [0.1, 0.15) is 52.1 Å². The van der Waals surface area contributed by atoms with Gasteiger partial charge in [-0.25, -0.2) is 4.68 Å². The van der Waals surface area contributed by atoms with Crippen LogP contribution in [0.2, 0.25) is 0 Å². The van der Waals surface area contributed by atoms with Gasteiger partial charge in [0.1, 0.15) is 12.1 Å². The Balaban J connectivity index is 1.21. The molecule has 12 nitrogen and oxygen atoms in total. The van der Waals surface area contributed by atoms with E-state index in [-0.39, 0.29) is 48.3 Å². The van der Waals surface area contributed by atoms with Gasteiger partial charge >= 0.3 is 0 Å². The van der Waals surface area contributed by atoms with Crippen molar-refractivity contribution in [2.45, 2.75) is 50.4 Å². The summed E-state index contributed by atoms with van der Waals surface area (Å²) in [5.74, 6) is -1.48. The molecule has 3 saturated heterocycles. The van der Waals surface area contributed by atoms with Crippen LogP contribution >= 0.6 is 0 Å². The molecule has 2 aromatic rings. The summed E-state index contributed by atoms with van der Waals surface area (Å²) in [5.41, 5.74) is 1.88. The van der Waals surface area contributed by atoms with Crippen molar-refractivity contribution in [3.05, 3.63) is 41.2 Å². The third kappa shape index (κ3) is 3.31. The number of hydrogen-bond acceptors (Lipinski definition) is 7. The minimum atomic E-state index is -0.687. The molecule has 0 saturated carbocycles. The normalized spacial score (nSPS) is 25.9. The highest BCUT2D eigenvalue weighted by Gasteiger charge is 2.46. The highest BCUT2D eigenvalue weighted by atomic mass is 16.2. The molecule has 5 amide bonds. The van der Waals surface area contributed by atoms with Gasteiger partial charge in [0.05, 0.1) is 11.9 Å². The minimum absolute atomic E-state index is 0.0501. The number of carbonyl (C=O) groups is 5. The molecule has 3 unspecified atom stereocenters. The van der Waals surface area contributed by atoms with Crippen LogP contribution in [-0.4, -0.2) is 90.9 Å². The molecular formula is C23H23N7O5. The van der Waals surface area contributed by atoms with E-state index < -0.39 is 18.0 Å². The van der Waals surface area contributed by atoms with Crippen molar-refractivity contribution in [2.24, 2.45) is 0 Å². The van der Waals surface area contributed by atoms with Crippen LogP contribution in [0.15, 0.2) is 24.4 Å². The fourth-order valence-corrected chi connectivity index (χ4v) is 5.51. The molecule has 5 heterocycles. The molecule has 180 valence electrons. The second-order valence-corrected chi connectivity index (χ2v) is 9.43. The van der Waals surface area contributed by atoms with Crippen LogP contribution < -0.4 is 5.32 Å². The van der Waals surface area contributed by atoms with E-state index in [2.05, 4.69) is 15.6 Å². The number of rotatable bonds is 3. The number of benzene rings is 1. The molecule has 3 fully saturated rings. The lowest BCUT2D eigenvalue weighted by Gasteiger charge is -2.30. The summed E-state index contributed by atoms with van der Waals surface area (Å²) in [6.07, 6.45) is 3.35. The standard InChI is InChI=1S/C23H23N7O5/c1-27-13-6-7-28(18(9-13)23(27)35)22(34)16-11-30(26-25-16)14-3-2-12-10-29(21(33)15(12)8-14)17-4-5-19(31)24-20(17)32/h2-3,8,11,13,17-18H,4-7,9-10H2,1H3,(H,24,31,32). The smallest absolute Gasteiger partial charge is 0.276 e. The number of aromatic nitrogens is 3. The topological polar surface area (TPSA) is 138 Å². The Morgan fingerprint density at radius 2 is 1.94 bits per heavy atom. The van der Waals surface area contributed by atoms with E-state index in [1.165, 1.54) is 15.8 Å². The van der Waals surface area contributed by atoms with Gasteiger partial charge in [-0.2, -0.15) is 0 Å². The first-order valence-corrected chi connectivity index (χ1v) is 11.6. The Bertz CT molecular complexity index is 1300. The summed E-state index contributed by atoms with van der Waals surface area (Å²) < 4.78 is 1.42. The molecule has 12 heteroatoms. The summed E-state index contributed by atoms with van der Waals surface area (Å²) in [6.45, 7) is 0.766. The predicted molar refractivity (Wildman–Crippen MR) is 118 cm³/mol. The molecule has 3 atom stereocenters. The van der Waals surface area contributed by atoms with Crippen LogP contribution in [0.25, 0.3) is 5.69 Å². The van der Waals surface area contributed by atoms with E-state index >= 15 is 0 Å². The van der Waals surface area contributed by atoms with Gasteiger partial charge in [-0.1, -0.05) is 11.3 Å². The lowest BCUT2D eigenvalue weighted by Crippen LogP contribution is -2.52. The molecule has 0 spiro atoms. The SMILES string of the molecule is CN1C(=O)C2CC1CCN2C(=O)c1cn(-c2ccc3c(c2)C(=O)N(C2CCC(=O)NC2=O)C3)nn1. The maximum atomic E-state index is 13.1. The minimum Gasteiger partial charge on any atom is -0.341 e. The summed E-state index contributed by atoms with van der Waals surface area (Å²) in [6, 6.07) is 4.24. The van der Waals surface area contributed by atoms with Crippen LogP contribution in [0.5, 0.6) is 0 Å². The van der Waals surface area contributed by atoms with Gasteiger partial charge in [-0.3, -0.25) is 29.3 Å². The highest BCUT2D eigenvalue weighted by molar-refractivity contribution is 6.05. The Morgan fingerprint density at radius 1 is 1.11 bits per heavy atom. The number of hydrogen-bond donors (Lipinski definition) is 1. The van der Waals surface area contributed by atoms with Crippen molar-refractivity contribution >= 4 is 29.5 Å². The number of likely N-dealkylation sites (tertiary alicyclic amines) is 2. The maximum absolute atomic E-state index is 13.1. The van der Waals surface area contributed by atoms with Crippen LogP contribution in [0, 0.1) is 0 Å². The zero-order valence-corrected chi connectivity index (χ0v) is 19.0. The van der Waals surface area contributed by atoms with Gasteiger partial charge < -0.3 is 14.7 Å². The molecular weight excluding hydrogens is 454 g/mol. The molecule has 0 aliphatic carbocycles. The van der Waals surface area contributed by atoms with E-state index in [9.17, 15) is 24.0 Å². The van der Waals surface area contributed by atoms with E-state index in [0.29, 0.717) is 30.6 Å². The number of nitrogens with one attached hydrogen (secondary N) is 1. The van der Waals surface area contributed by atoms with Crippen molar-refractivity contribution in [1.29, 1.82) is 0 Å². The zero-order valence-electron chi connectivity index (χ0n) is 19.0. The van der Waals surface area contributed by atoms with Gasteiger partial charge in [0.25, 0.3) is 11.8 Å². The molecule has 4 aliphatic rings. The fraction of sp³-hybridized carbons (Fsp3) is 0.435. The number of amides is 5. The summed E-state index contributed by atoms with van der Waals surface area (Å²) in [4.78, 5) is 67.2. The number of imide groups is 1. The lowest BCUT2D eigenvalue weighted by molar-refractivity contribution is -0.137. The van der Waals surface area contributed by atoms with Crippen molar-refractivity contribution in [1.82, 2.24) is 35.0 Å². The average molecular weight is 477 g/mol. The second-order valence-electron chi connectivity index (χ2n) is 9.43. The number of nitrogens with zero attached hydrogens (tertiary/aromatic N) is 6. The summed E-state index contributed by atoms with van der Waals surface area (Å²) in [5, 5.41) is 10.4. The first-order chi connectivity index (χ1) is 16.8. The molecule has 1 aromatic heterocycles. The number of fused-ring (bicyclic) bond motifs is 3. The Kier molecular flexibility index (Phi) is 4.73. The van der Waals surface area contributed by atoms with E-state index in [4.69, 9.17) is 0 Å². The molecule has 1 N–H and O–H groups in total. The highest BCUT2D eigenvalue weighted by Crippen LogP contribution is 2.31. The first-order valence-electron chi connectivity index (χ1n) is 11.6. The van der Waals surface area contributed by atoms with Crippen molar-refractivity contribution < 1.29 is 24.0 Å². The van der Waals surface area contributed by atoms with E-state index in [1.807, 2.05) is 0 Å². The lowest BCUT2D eigenvalue weighted by atomic mass is 10.0. The molecule has 1 aromatic carbocycles. The largest absolute Gasteiger partial charge is 0.341 e. The average Bonchev–Trinajstić information content (AvgIpc) is 3.52. The molecule has 0 radical (unpaired) electrons. The zero-order chi connectivity index (χ0) is 24.4. The van der Waals surface area contributed by atoms with Gasteiger partial charge in [-0.15, -0.1) is 5.10 Å². The van der Waals surface area contributed by atoms with E-state index in [1.54, 1.807) is 35.0 Å². The molecule has 35 heavy (non-hydrogen) atoms. The Hall–Kier alpha value is -4.09. The number of piperidine rings is 2. The van der Waals surface area contributed by atoms with Crippen LogP contribution in [0.4, 0.5) is 0 Å². The van der Waals surface area contributed by atoms with Gasteiger partial charge in [-0.05, 0) is 37.0 Å².